The number of allylic oxidation sites excluding steroid dienone is 4. The molecular formula is C28H39F3. The topological polar surface area (TPSA) is 0 Å². The normalized spacial score (nSPS) is 21.6. The molecule has 0 aliphatic heterocycles. The lowest BCUT2D eigenvalue weighted by atomic mass is 9.79. The molecule has 1 aromatic rings. The minimum Gasteiger partial charge on any atom is -0.207 e. The maximum Gasteiger partial charge on any atom is 0.162 e. The van der Waals surface area contributed by atoms with Crippen molar-refractivity contribution in [3.63, 3.8) is 0 Å². The molecule has 0 N–H and O–H groups in total. The van der Waals surface area contributed by atoms with E-state index in [1.54, 1.807) is 13.0 Å². The second kappa shape index (κ2) is 11.7. The van der Waals surface area contributed by atoms with E-state index < -0.39 is 11.6 Å². The second-order valence-electron chi connectivity index (χ2n) is 9.88. The Balaban J connectivity index is 1.87. The van der Waals surface area contributed by atoms with Gasteiger partial charge in [0.05, 0.1) is 0 Å². The zero-order chi connectivity index (χ0) is 23.1. The molecule has 172 valence electrons. The van der Waals surface area contributed by atoms with Crippen molar-refractivity contribution in [2.75, 3.05) is 0 Å². The van der Waals surface area contributed by atoms with Gasteiger partial charge in [0, 0.05) is 0 Å². The molecule has 1 saturated carbocycles. The summed E-state index contributed by atoms with van der Waals surface area (Å²) < 4.78 is 43.5. The fraction of sp³-hybridized carbons (Fsp3) is 0.571. The van der Waals surface area contributed by atoms with Gasteiger partial charge < -0.3 is 0 Å². The van der Waals surface area contributed by atoms with E-state index in [-0.39, 0.29) is 17.7 Å². The lowest BCUT2D eigenvalue weighted by molar-refractivity contribution is 0.338. The lowest BCUT2D eigenvalue weighted by Crippen LogP contribution is -2.13. The average molecular weight is 433 g/mol. The van der Waals surface area contributed by atoms with Crippen LogP contribution in [0.25, 0.3) is 0 Å². The minimum absolute atomic E-state index is 0.0322. The first-order valence-electron chi connectivity index (χ1n) is 11.8. The van der Waals surface area contributed by atoms with E-state index in [9.17, 15) is 13.2 Å². The molecule has 0 saturated heterocycles. The van der Waals surface area contributed by atoms with Gasteiger partial charge in [0.1, 0.15) is 5.83 Å². The molecule has 0 radical (unpaired) electrons. The van der Waals surface area contributed by atoms with Gasteiger partial charge in [-0.3, -0.25) is 0 Å². The molecule has 2 rings (SSSR count). The van der Waals surface area contributed by atoms with Gasteiger partial charge in [0.15, 0.2) is 11.6 Å². The Morgan fingerprint density at radius 2 is 1.68 bits per heavy atom. The largest absolute Gasteiger partial charge is 0.207 e. The van der Waals surface area contributed by atoms with Gasteiger partial charge in [0.25, 0.3) is 0 Å². The molecule has 1 aromatic carbocycles. The Labute approximate surface area is 187 Å². The monoisotopic (exact) mass is 432 g/mol. The molecule has 3 heteroatoms. The first-order chi connectivity index (χ1) is 14.6. The Morgan fingerprint density at radius 3 is 2.29 bits per heavy atom. The SMILES string of the molecule is C=C(C)/C=C(/F)C(=C)C(C)CCC(C)CCc1ccc(C2CCC(C)CC2)c(F)c1F. The summed E-state index contributed by atoms with van der Waals surface area (Å²) in [6.45, 7) is 15.6. The van der Waals surface area contributed by atoms with Crippen molar-refractivity contribution < 1.29 is 13.2 Å². The molecule has 1 aliphatic carbocycles. The average Bonchev–Trinajstić information content (AvgIpc) is 2.72. The van der Waals surface area contributed by atoms with Crippen LogP contribution in [0, 0.1) is 29.4 Å². The number of benzene rings is 1. The molecule has 2 unspecified atom stereocenters. The van der Waals surface area contributed by atoms with Gasteiger partial charge in [-0.1, -0.05) is 70.9 Å². The van der Waals surface area contributed by atoms with Gasteiger partial charge in [-0.25, -0.2) is 13.2 Å². The number of aryl methyl sites for hydroxylation is 1. The summed E-state index contributed by atoms with van der Waals surface area (Å²) >= 11 is 0. The van der Waals surface area contributed by atoms with Gasteiger partial charge >= 0.3 is 0 Å². The quantitative estimate of drug-likeness (QED) is 0.323. The van der Waals surface area contributed by atoms with Crippen LogP contribution in [0.15, 0.2) is 48.3 Å². The van der Waals surface area contributed by atoms with Crippen LogP contribution in [0.1, 0.15) is 89.7 Å². The van der Waals surface area contributed by atoms with Crippen LogP contribution in [0.3, 0.4) is 0 Å². The summed E-state index contributed by atoms with van der Waals surface area (Å²) in [5, 5.41) is 0. The van der Waals surface area contributed by atoms with Crippen molar-refractivity contribution in [2.24, 2.45) is 17.8 Å². The number of halogens is 3. The Morgan fingerprint density at radius 1 is 1.03 bits per heavy atom. The third-order valence-corrected chi connectivity index (χ3v) is 6.92. The molecule has 0 heterocycles. The Hall–Kier alpha value is -1.77. The third-order valence-electron chi connectivity index (χ3n) is 6.92. The highest BCUT2D eigenvalue weighted by Crippen LogP contribution is 2.37. The zero-order valence-electron chi connectivity index (χ0n) is 19.7. The molecule has 0 bridgehead atoms. The number of rotatable bonds is 10. The Bertz CT molecular complexity index is 797. The molecule has 0 amide bonds. The maximum atomic E-state index is 14.7. The lowest BCUT2D eigenvalue weighted by Gasteiger charge is -2.27. The summed E-state index contributed by atoms with van der Waals surface area (Å²) in [4.78, 5) is 0. The van der Waals surface area contributed by atoms with Crippen LogP contribution in [-0.4, -0.2) is 0 Å². The van der Waals surface area contributed by atoms with E-state index in [1.807, 2.05) is 13.0 Å². The van der Waals surface area contributed by atoms with Gasteiger partial charge in [-0.15, -0.1) is 0 Å². The van der Waals surface area contributed by atoms with E-state index in [2.05, 4.69) is 27.0 Å². The van der Waals surface area contributed by atoms with Crippen LogP contribution in [-0.2, 0) is 6.42 Å². The minimum atomic E-state index is -0.669. The molecule has 0 aromatic heterocycles. The van der Waals surface area contributed by atoms with E-state index in [1.165, 1.54) is 6.08 Å². The highest BCUT2D eigenvalue weighted by Gasteiger charge is 2.24. The predicted octanol–water partition coefficient (Wildman–Crippen LogP) is 9.23. The van der Waals surface area contributed by atoms with Crippen LogP contribution in [0.2, 0.25) is 0 Å². The summed E-state index contributed by atoms with van der Waals surface area (Å²) in [5.41, 5.74) is 2.18. The third kappa shape index (κ3) is 7.40. The van der Waals surface area contributed by atoms with E-state index in [0.29, 0.717) is 40.5 Å². The van der Waals surface area contributed by atoms with Crippen molar-refractivity contribution in [3.8, 4) is 0 Å². The van der Waals surface area contributed by atoms with Gasteiger partial charge in [-0.2, -0.15) is 0 Å². The smallest absolute Gasteiger partial charge is 0.162 e. The predicted molar refractivity (Wildman–Crippen MR) is 126 cm³/mol. The van der Waals surface area contributed by atoms with Crippen molar-refractivity contribution in [1.82, 2.24) is 0 Å². The van der Waals surface area contributed by atoms with Crippen molar-refractivity contribution in [2.45, 2.75) is 85.0 Å². The highest BCUT2D eigenvalue weighted by atomic mass is 19.2. The molecule has 0 nitrogen and oxygen atoms in total. The van der Waals surface area contributed by atoms with Crippen molar-refractivity contribution in [3.05, 3.63) is 71.1 Å². The standard InChI is InChI=1S/C28H39F3/c1-18(2)17-26(29)22(6)21(5)11-7-19(3)10-14-24-15-16-25(28(31)27(24)30)23-12-8-20(4)9-13-23/h15-17,19-21,23H,1,6-14H2,2-5H3/b26-17+. The number of hydrogen-bond acceptors (Lipinski definition) is 0. The molecule has 1 fully saturated rings. The first-order valence-corrected chi connectivity index (χ1v) is 11.8. The molecule has 2 atom stereocenters. The molecule has 1 aliphatic rings. The summed E-state index contributed by atoms with van der Waals surface area (Å²) in [6.07, 6.45) is 8.48. The van der Waals surface area contributed by atoms with Crippen LogP contribution >= 0.6 is 0 Å². The fourth-order valence-electron chi connectivity index (χ4n) is 4.48. The molecule has 0 spiro atoms. The van der Waals surface area contributed by atoms with Crippen LogP contribution < -0.4 is 0 Å². The second-order valence-corrected chi connectivity index (χ2v) is 9.88. The highest BCUT2D eigenvalue weighted by molar-refractivity contribution is 5.31. The molecular weight excluding hydrogens is 393 g/mol. The number of hydrogen-bond donors (Lipinski definition) is 0. The van der Waals surface area contributed by atoms with E-state index in [0.717, 1.165) is 44.9 Å². The van der Waals surface area contributed by atoms with E-state index >= 15 is 0 Å². The van der Waals surface area contributed by atoms with Crippen molar-refractivity contribution >= 4 is 0 Å². The maximum absolute atomic E-state index is 14.7. The first kappa shape index (κ1) is 25.5. The van der Waals surface area contributed by atoms with Gasteiger partial charge in [0.2, 0.25) is 0 Å². The van der Waals surface area contributed by atoms with Crippen LogP contribution in [0.5, 0.6) is 0 Å². The van der Waals surface area contributed by atoms with E-state index in [4.69, 9.17) is 0 Å². The summed E-state index contributed by atoms with van der Waals surface area (Å²) in [7, 11) is 0. The summed E-state index contributed by atoms with van der Waals surface area (Å²) in [6, 6.07) is 3.59. The fourth-order valence-corrected chi connectivity index (χ4v) is 4.48. The Kier molecular flexibility index (Phi) is 9.65. The van der Waals surface area contributed by atoms with Crippen molar-refractivity contribution in [1.29, 1.82) is 0 Å². The zero-order valence-corrected chi connectivity index (χ0v) is 19.7. The van der Waals surface area contributed by atoms with Crippen LogP contribution in [0.4, 0.5) is 13.2 Å². The molecule has 31 heavy (non-hydrogen) atoms. The van der Waals surface area contributed by atoms with Gasteiger partial charge in [-0.05, 0) is 85.5 Å². The summed E-state index contributed by atoms with van der Waals surface area (Å²) in [5.74, 6) is -0.421.